The Kier molecular flexibility index (Phi) is 10.3. The van der Waals surface area contributed by atoms with Gasteiger partial charge in [-0.25, -0.2) is 4.98 Å². The number of carbonyl (C=O) groups excluding carboxylic acids is 1. The number of nitriles is 1. The van der Waals surface area contributed by atoms with Crippen LogP contribution in [0.25, 0.3) is 0 Å². The third-order valence-electron chi connectivity index (χ3n) is 8.15. The van der Waals surface area contributed by atoms with Crippen LogP contribution in [0.4, 0.5) is 0 Å². The molecule has 1 aliphatic carbocycles. The molecule has 2 heterocycles. The standard InChI is InChI=1S/C34H40N6O.ClH/c1-4-10-33(41)40-21-28-18-34(24-35,31-14-9-8-13-27(31)20-38(2)3)16-15-32(28)39(22-29-19-36-25-37-29)23-30(40)17-26-11-6-5-7-12-26;/h5-9,11-16,19,25,30H,4,10,17-18,20-23H2,1-3H3,(H,36,37);1H/t30-,34?;/m1./s1. The lowest BCUT2D eigenvalue weighted by Gasteiger charge is -2.34. The van der Waals surface area contributed by atoms with Crippen LogP contribution in [0.3, 0.4) is 0 Å². The van der Waals surface area contributed by atoms with E-state index < -0.39 is 5.41 Å². The van der Waals surface area contributed by atoms with Crippen molar-refractivity contribution in [1.82, 2.24) is 24.7 Å². The number of nitrogens with zero attached hydrogens (tertiary/aromatic N) is 5. The zero-order valence-corrected chi connectivity index (χ0v) is 25.6. The molecule has 0 saturated carbocycles. The van der Waals surface area contributed by atoms with Crippen LogP contribution in [0, 0.1) is 11.3 Å². The summed E-state index contributed by atoms with van der Waals surface area (Å²) in [6.07, 6.45) is 10.4. The Morgan fingerprint density at radius 2 is 1.93 bits per heavy atom. The Labute approximate surface area is 256 Å². The van der Waals surface area contributed by atoms with E-state index in [0.29, 0.717) is 32.5 Å². The summed E-state index contributed by atoms with van der Waals surface area (Å²) in [6.45, 7) is 4.69. The van der Waals surface area contributed by atoms with Crippen LogP contribution in [0.5, 0.6) is 0 Å². The van der Waals surface area contributed by atoms with Crippen molar-refractivity contribution in [2.24, 2.45) is 0 Å². The number of imidazole rings is 1. The molecule has 1 N–H and O–H groups in total. The van der Waals surface area contributed by atoms with E-state index in [1.807, 2.05) is 24.4 Å². The van der Waals surface area contributed by atoms with Gasteiger partial charge in [0.25, 0.3) is 0 Å². The van der Waals surface area contributed by atoms with E-state index >= 15 is 0 Å². The highest BCUT2D eigenvalue weighted by Gasteiger charge is 2.40. The number of allylic oxidation sites excluding steroid dienone is 2. The average molecular weight is 585 g/mol. The molecule has 220 valence electrons. The lowest BCUT2D eigenvalue weighted by Crippen LogP contribution is -2.46. The SMILES string of the molecule is CCCC(=O)N1CC2=C(C=CC(C#N)(c3ccccc3CN(C)C)C2)N(Cc2cnc[nH]2)C[C@H]1Cc1ccccc1.Cl. The molecule has 0 spiro atoms. The quantitative estimate of drug-likeness (QED) is 0.353. The second-order valence-electron chi connectivity index (χ2n) is 11.5. The zero-order chi connectivity index (χ0) is 28.8. The van der Waals surface area contributed by atoms with Crippen LogP contribution < -0.4 is 0 Å². The van der Waals surface area contributed by atoms with Gasteiger partial charge in [0, 0.05) is 37.9 Å². The van der Waals surface area contributed by atoms with Crippen molar-refractivity contribution in [3.8, 4) is 6.07 Å². The molecule has 42 heavy (non-hydrogen) atoms. The van der Waals surface area contributed by atoms with E-state index in [1.165, 1.54) is 5.56 Å². The molecule has 2 aromatic carbocycles. The van der Waals surface area contributed by atoms with Gasteiger partial charge in [0.1, 0.15) is 5.41 Å². The van der Waals surface area contributed by atoms with Crippen LogP contribution in [0.15, 0.2) is 90.5 Å². The van der Waals surface area contributed by atoms with Crippen LogP contribution in [-0.4, -0.2) is 63.8 Å². The maximum Gasteiger partial charge on any atom is 0.223 e. The number of rotatable bonds is 9. The summed E-state index contributed by atoms with van der Waals surface area (Å²) in [6, 6.07) is 21.4. The molecule has 7 nitrogen and oxygen atoms in total. The van der Waals surface area contributed by atoms with Gasteiger partial charge in [-0.05, 0) is 61.7 Å². The summed E-state index contributed by atoms with van der Waals surface area (Å²) in [5.74, 6) is 0.175. The van der Waals surface area contributed by atoms with Gasteiger partial charge >= 0.3 is 0 Å². The summed E-state index contributed by atoms with van der Waals surface area (Å²) in [7, 11) is 4.10. The molecule has 5 rings (SSSR count). The average Bonchev–Trinajstić information content (AvgIpc) is 3.44. The first-order chi connectivity index (χ1) is 19.9. The van der Waals surface area contributed by atoms with Gasteiger partial charge < -0.3 is 19.7 Å². The summed E-state index contributed by atoms with van der Waals surface area (Å²) in [4.78, 5) is 27.8. The van der Waals surface area contributed by atoms with Crippen molar-refractivity contribution in [2.75, 3.05) is 27.2 Å². The van der Waals surface area contributed by atoms with Crippen LogP contribution in [0.1, 0.15) is 48.6 Å². The van der Waals surface area contributed by atoms with Gasteiger partial charge in [-0.1, -0.05) is 67.6 Å². The Morgan fingerprint density at radius 1 is 1.17 bits per heavy atom. The molecular formula is C34H41ClN6O. The highest BCUT2D eigenvalue weighted by atomic mass is 35.5. The third-order valence-corrected chi connectivity index (χ3v) is 8.15. The number of aromatic nitrogens is 2. The maximum absolute atomic E-state index is 13.7. The minimum Gasteiger partial charge on any atom is -0.364 e. The molecule has 1 aromatic heterocycles. The molecule has 2 aliphatic rings. The predicted octanol–water partition coefficient (Wildman–Crippen LogP) is 5.62. The van der Waals surface area contributed by atoms with Crippen molar-refractivity contribution in [3.63, 3.8) is 0 Å². The summed E-state index contributed by atoms with van der Waals surface area (Å²) >= 11 is 0. The largest absolute Gasteiger partial charge is 0.364 e. The van der Waals surface area contributed by atoms with Crippen molar-refractivity contribution in [2.45, 2.75) is 57.2 Å². The lowest BCUT2D eigenvalue weighted by molar-refractivity contribution is -0.133. The predicted molar refractivity (Wildman–Crippen MR) is 169 cm³/mol. The summed E-state index contributed by atoms with van der Waals surface area (Å²) in [5.41, 5.74) is 5.86. The first kappa shape index (κ1) is 31.1. The number of aromatic amines is 1. The fourth-order valence-corrected chi connectivity index (χ4v) is 6.27. The Hall–Kier alpha value is -3.86. The maximum atomic E-state index is 13.7. The molecule has 1 unspecified atom stereocenters. The fraction of sp³-hybridized carbons (Fsp3) is 0.382. The topological polar surface area (TPSA) is 79.3 Å². The van der Waals surface area contributed by atoms with E-state index in [4.69, 9.17) is 0 Å². The van der Waals surface area contributed by atoms with Crippen molar-refractivity contribution in [3.05, 3.63) is 113 Å². The third kappa shape index (κ3) is 6.78. The number of carbonyl (C=O) groups is 1. The lowest BCUT2D eigenvalue weighted by atomic mass is 9.71. The van der Waals surface area contributed by atoms with Crippen molar-refractivity contribution >= 4 is 18.3 Å². The molecule has 2 atom stereocenters. The second kappa shape index (κ2) is 13.9. The van der Waals surface area contributed by atoms with Gasteiger partial charge in [0.05, 0.1) is 30.7 Å². The van der Waals surface area contributed by atoms with Gasteiger partial charge in [-0.2, -0.15) is 5.26 Å². The number of hydrogen-bond donors (Lipinski definition) is 1. The fourth-order valence-electron chi connectivity index (χ4n) is 6.27. The molecule has 0 fully saturated rings. The van der Waals surface area contributed by atoms with Crippen LogP contribution in [-0.2, 0) is 29.7 Å². The Balaban J connectivity index is 0.00000405. The molecule has 1 amide bonds. The highest BCUT2D eigenvalue weighted by Crippen LogP contribution is 2.42. The first-order valence-electron chi connectivity index (χ1n) is 14.5. The number of benzene rings is 2. The molecule has 1 aliphatic heterocycles. The van der Waals surface area contributed by atoms with E-state index in [1.54, 1.807) is 6.33 Å². The minimum atomic E-state index is -0.802. The van der Waals surface area contributed by atoms with Crippen LogP contribution in [0.2, 0.25) is 0 Å². The van der Waals surface area contributed by atoms with Crippen LogP contribution >= 0.6 is 12.4 Å². The Morgan fingerprint density at radius 3 is 2.62 bits per heavy atom. The molecule has 3 aromatic rings. The number of amides is 1. The molecular weight excluding hydrogens is 544 g/mol. The number of halogens is 1. The smallest absolute Gasteiger partial charge is 0.223 e. The molecule has 0 saturated heterocycles. The Bertz CT molecular complexity index is 1440. The number of hydrogen-bond acceptors (Lipinski definition) is 5. The second-order valence-corrected chi connectivity index (χ2v) is 11.5. The molecule has 0 bridgehead atoms. The minimum absolute atomic E-state index is 0. The summed E-state index contributed by atoms with van der Waals surface area (Å²) in [5, 5.41) is 10.7. The van der Waals surface area contributed by atoms with Gasteiger partial charge in [0.15, 0.2) is 0 Å². The normalized spacial score (nSPS) is 20.1. The number of nitrogens with one attached hydrogen (secondary N) is 1. The molecule has 0 radical (unpaired) electrons. The highest BCUT2D eigenvalue weighted by molar-refractivity contribution is 5.85. The van der Waals surface area contributed by atoms with E-state index in [2.05, 4.69) is 100 Å². The van der Waals surface area contributed by atoms with E-state index in [0.717, 1.165) is 47.5 Å². The van der Waals surface area contributed by atoms with Gasteiger partial charge in [-0.15, -0.1) is 12.4 Å². The van der Waals surface area contributed by atoms with Gasteiger partial charge in [0.2, 0.25) is 5.91 Å². The molecule has 8 heteroatoms. The van der Waals surface area contributed by atoms with E-state index in [9.17, 15) is 10.1 Å². The van der Waals surface area contributed by atoms with Crippen molar-refractivity contribution in [1.29, 1.82) is 5.26 Å². The van der Waals surface area contributed by atoms with E-state index in [-0.39, 0.29) is 24.4 Å². The monoisotopic (exact) mass is 584 g/mol. The zero-order valence-electron chi connectivity index (χ0n) is 24.8. The van der Waals surface area contributed by atoms with Gasteiger partial charge in [-0.3, -0.25) is 4.79 Å². The first-order valence-corrected chi connectivity index (χ1v) is 14.5. The number of H-pyrrole nitrogens is 1. The summed E-state index contributed by atoms with van der Waals surface area (Å²) < 4.78 is 0. The van der Waals surface area contributed by atoms with Crippen molar-refractivity contribution < 1.29 is 4.79 Å².